The summed E-state index contributed by atoms with van der Waals surface area (Å²) in [6, 6.07) is 12.2. The van der Waals surface area contributed by atoms with Gasteiger partial charge in [0.15, 0.2) is 5.82 Å². The molecule has 1 atom stereocenters. The fraction of sp³-hybridized carbons (Fsp3) is 0.348. The van der Waals surface area contributed by atoms with Crippen LogP contribution in [0.25, 0.3) is 11.5 Å². The smallest absolute Gasteiger partial charge is 0.257 e. The third-order valence-electron chi connectivity index (χ3n) is 5.19. The van der Waals surface area contributed by atoms with E-state index in [2.05, 4.69) is 17.1 Å². The molecule has 2 heterocycles. The number of aryl methyl sites for hydroxylation is 1. The van der Waals surface area contributed by atoms with Gasteiger partial charge in [-0.25, -0.2) is 4.39 Å². The molecule has 6 nitrogen and oxygen atoms in total. The molecule has 156 valence electrons. The maximum absolute atomic E-state index is 14.2. The Morgan fingerprint density at radius 3 is 2.80 bits per heavy atom. The molecule has 1 amide bonds. The van der Waals surface area contributed by atoms with Crippen LogP contribution in [-0.2, 0) is 4.79 Å². The summed E-state index contributed by atoms with van der Waals surface area (Å²) >= 11 is 0. The van der Waals surface area contributed by atoms with E-state index < -0.39 is 5.82 Å². The van der Waals surface area contributed by atoms with Gasteiger partial charge in [-0.15, -0.1) is 0 Å². The summed E-state index contributed by atoms with van der Waals surface area (Å²) < 4.78 is 25.3. The van der Waals surface area contributed by atoms with Gasteiger partial charge < -0.3 is 14.2 Å². The number of amides is 1. The minimum Gasteiger partial charge on any atom is -0.494 e. The average molecular weight is 409 g/mol. The van der Waals surface area contributed by atoms with Crippen LogP contribution in [0.3, 0.4) is 0 Å². The molecule has 1 aromatic heterocycles. The normalized spacial score (nSPS) is 16.3. The lowest BCUT2D eigenvalue weighted by molar-refractivity contribution is -0.117. The summed E-state index contributed by atoms with van der Waals surface area (Å²) in [4.78, 5) is 18.4. The van der Waals surface area contributed by atoms with Gasteiger partial charge in [-0.2, -0.15) is 4.98 Å². The Morgan fingerprint density at radius 1 is 1.23 bits per heavy atom. The van der Waals surface area contributed by atoms with E-state index in [1.807, 2.05) is 31.2 Å². The third-order valence-corrected chi connectivity index (χ3v) is 5.19. The molecule has 0 bridgehead atoms. The van der Waals surface area contributed by atoms with Crippen LogP contribution in [0.15, 0.2) is 47.0 Å². The first-order chi connectivity index (χ1) is 14.5. The zero-order valence-electron chi connectivity index (χ0n) is 17.1. The maximum atomic E-state index is 14.2. The van der Waals surface area contributed by atoms with Crippen molar-refractivity contribution in [3.05, 3.63) is 59.7 Å². The van der Waals surface area contributed by atoms with Gasteiger partial charge >= 0.3 is 0 Å². The molecule has 0 aliphatic carbocycles. The molecule has 3 aromatic rings. The van der Waals surface area contributed by atoms with Crippen LogP contribution < -0.4 is 9.64 Å². The van der Waals surface area contributed by atoms with Crippen LogP contribution in [0.4, 0.5) is 10.1 Å². The quantitative estimate of drug-likeness (QED) is 0.520. The van der Waals surface area contributed by atoms with E-state index in [1.54, 1.807) is 12.1 Å². The lowest BCUT2D eigenvalue weighted by atomic mass is 10.1. The topological polar surface area (TPSA) is 68.5 Å². The molecule has 0 radical (unpaired) electrons. The highest BCUT2D eigenvalue weighted by molar-refractivity contribution is 5.96. The molecule has 0 N–H and O–H groups in total. The molecule has 1 fully saturated rings. The predicted octanol–water partition coefficient (Wildman–Crippen LogP) is 4.88. The number of nitrogens with zero attached hydrogens (tertiary/aromatic N) is 3. The summed E-state index contributed by atoms with van der Waals surface area (Å²) in [5.74, 6) is 0.833. The monoisotopic (exact) mass is 409 g/mol. The van der Waals surface area contributed by atoms with Crippen molar-refractivity contribution in [1.82, 2.24) is 10.1 Å². The summed E-state index contributed by atoms with van der Waals surface area (Å²) in [5.41, 5.74) is 1.97. The fourth-order valence-electron chi connectivity index (χ4n) is 3.49. The lowest BCUT2D eigenvalue weighted by Gasteiger charge is -2.17. The van der Waals surface area contributed by atoms with Crippen molar-refractivity contribution in [2.45, 2.75) is 39.0 Å². The minimum atomic E-state index is -0.412. The Balaban J connectivity index is 1.46. The van der Waals surface area contributed by atoms with Crippen LogP contribution in [0.5, 0.6) is 5.75 Å². The van der Waals surface area contributed by atoms with Crippen molar-refractivity contribution in [3.8, 4) is 17.2 Å². The molecule has 0 saturated carbocycles. The Morgan fingerprint density at radius 2 is 2.03 bits per heavy atom. The first-order valence-electron chi connectivity index (χ1n) is 10.2. The zero-order chi connectivity index (χ0) is 21.1. The summed E-state index contributed by atoms with van der Waals surface area (Å²) in [5, 5.41) is 4.07. The van der Waals surface area contributed by atoms with E-state index in [0.29, 0.717) is 30.6 Å². The van der Waals surface area contributed by atoms with Gasteiger partial charge in [0.1, 0.15) is 11.6 Å². The number of anilines is 1. The van der Waals surface area contributed by atoms with Gasteiger partial charge in [0.25, 0.3) is 5.89 Å². The van der Waals surface area contributed by atoms with Crippen LogP contribution in [0, 0.1) is 12.7 Å². The number of carbonyl (C=O) groups excluding carboxylic acids is 1. The molecule has 1 aliphatic rings. The number of rotatable bonds is 7. The van der Waals surface area contributed by atoms with Gasteiger partial charge in [-0.1, -0.05) is 24.6 Å². The number of ether oxygens (including phenoxy) is 1. The Labute approximate surface area is 174 Å². The number of hydrogen-bond donors (Lipinski definition) is 0. The SMILES string of the molecule is CCCCOc1ccc(-c2nc(C3CC(=O)N(c4cc(C)ccc4F)C3)no2)cc1. The number of hydrogen-bond acceptors (Lipinski definition) is 5. The standard InChI is InChI=1S/C23H24FN3O3/c1-3-4-11-29-18-8-6-16(7-9-18)23-25-22(26-30-23)17-13-21(28)27(14-17)20-12-15(2)5-10-19(20)24/h5-10,12,17H,3-4,11,13-14H2,1-2H3. The molecule has 1 aliphatic heterocycles. The number of halogens is 1. The second-order valence-electron chi connectivity index (χ2n) is 7.54. The van der Waals surface area contributed by atoms with Gasteiger partial charge in [0, 0.05) is 24.4 Å². The lowest BCUT2D eigenvalue weighted by Crippen LogP contribution is -2.25. The first-order valence-corrected chi connectivity index (χ1v) is 10.2. The molecule has 30 heavy (non-hydrogen) atoms. The van der Waals surface area contributed by atoms with Gasteiger partial charge in [-0.05, 0) is 55.3 Å². The second kappa shape index (κ2) is 8.65. The van der Waals surface area contributed by atoms with Gasteiger partial charge in [0.05, 0.1) is 12.3 Å². The molecular weight excluding hydrogens is 385 g/mol. The highest BCUT2D eigenvalue weighted by Crippen LogP contribution is 2.33. The van der Waals surface area contributed by atoms with Crippen molar-refractivity contribution in [3.63, 3.8) is 0 Å². The Hall–Kier alpha value is -3.22. The Kier molecular flexibility index (Phi) is 5.79. The highest BCUT2D eigenvalue weighted by atomic mass is 19.1. The first kappa shape index (κ1) is 20.1. The summed E-state index contributed by atoms with van der Waals surface area (Å²) in [6.07, 6.45) is 2.31. The van der Waals surface area contributed by atoms with Crippen molar-refractivity contribution < 1.29 is 18.4 Å². The third kappa shape index (κ3) is 4.20. The van der Waals surface area contributed by atoms with E-state index >= 15 is 0 Å². The zero-order valence-corrected chi connectivity index (χ0v) is 17.1. The number of aromatic nitrogens is 2. The van der Waals surface area contributed by atoms with E-state index in [-0.39, 0.29) is 18.2 Å². The highest BCUT2D eigenvalue weighted by Gasteiger charge is 2.35. The summed E-state index contributed by atoms with van der Waals surface area (Å²) in [6.45, 7) is 5.00. The fourth-order valence-corrected chi connectivity index (χ4v) is 3.49. The van der Waals surface area contributed by atoms with Crippen molar-refractivity contribution >= 4 is 11.6 Å². The number of unbranched alkanes of at least 4 members (excludes halogenated alkanes) is 1. The van der Waals surface area contributed by atoms with E-state index in [0.717, 1.165) is 29.7 Å². The Bertz CT molecular complexity index is 1030. The molecule has 2 aromatic carbocycles. The van der Waals surface area contributed by atoms with E-state index in [1.165, 1.54) is 11.0 Å². The second-order valence-corrected chi connectivity index (χ2v) is 7.54. The number of benzene rings is 2. The molecule has 1 unspecified atom stereocenters. The summed E-state index contributed by atoms with van der Waals surface area (Å²) in [7, 11) is 0. The minimum absolute atomic E-state index is 0.149. The van der Waals surface area contributed by atoms with Crippen molar-refractivity contribution in [2.24, 2.45) is 0 Å². The number of carbonyl (C=O) groups is 1. The van der Waals surface area contributed by atoms with Gasteiger partial charge in [-0.3, -0.25) is 4.79 Å². The average Bonchev–Trinajstić information content (AvgIpc) is 3.38. The maximum Gasteiger partial charge on any atom is 0.257 e. The van der Waals surface area contributed by atoms with Gasteiger partial charge in [0.2, 0.25) is 5.91 Å². The van der Waals surface area contributed by atoms with E-state index in [4.69, 9.17) is 9.26 Å². The van der Waals surface area contributed by atoms with Crippen molar-refractivity contribution in [2.75, 3.05) is 18.1 Å². The van der Waals surface area contributed by atoms with Crippen LogP contribution in [-0.4, -0.2) is 29.2 Å². The predicted molar refractivity (Wildman–Crippen MR) is 111 cm³/mol. The molecule has 0 spiro atoms. The molecule has 4 rings (SSSR count). The molecule has 7 heteroatoms. The van der Waals surface area contributed by atoms with Crippen LogP contribution in [0.1, 0.15) is 43.5 Å². The largest absolute Gasteiger partial charge is 0.494 e. The van der Waals surface area contributed by atoms with Crippen molar-refractivity contribution in [1.29, 1.82) is 0 Å². The van der Waals surface area contributed by atoms with E-state index in [9.17, 15) is 9.18 Å². The van der Waals surface area contributed by atoms with Crippen LogP contribution >= 0.6 is 0 Å². The van der Waals surface area contributed by atoms with Crippen LogP contribution in [0.2, 0.25) is 0 Å². The molecular formula is C23H24FN3O3. The molecule has 1 saturated heterocycles.